The number of piperazine rings is 1. The number of halogens is 1. The molecule has 3 aromatic rings. The van der Waals surface area contributed by atoms with Crippen molar-refractivity contribution in [3.8, 4) is 5.75 Å². The molecular formula is C26H28ClN3O2. The lowest BCUT2D eigenvalue weighted by Crippen LogP contribution is -2.46. The normalized spacial score (nSPS) is 14.2. The van der Waals surface area contributed by atoms with E-state index in [-0.39, 0.29) is 12.5 Å². The van der Waals surface area contributed by atoms with E-state index in [0.29, 0.717) is 0 Å². The predicted molar refractivity (Wildman–Crippen MR) is 131 cm³/mol. The summed E-state index contributed by atoms with van der Waals surface area (Å²) in [7, 11) is 0. The molecule has 5 nitrogen and oxygen atoms in total. The number of rotatable bonds is 7. The number of ether oxygens (including phenoxy) is 1. The Morgan fingerprint density at radius 2 is 1.62 bits per heavy atom. The largest absolute Gasteiger partial charge is 0.483 e. The van der Waals surface area contributed by atoms with Gasteiger partial charge in [-0.3, -0.25) is 9.69 Å². The van der Waals surface area contributed by atoms with Crippen molar-refractivity contribution in [2.45, 2.75) is 13.5 Å². The molecule has 0 aromatic heterocycles. The Bertz CT molecular complexity index is 1050. The second-order valence-electron chi connectivity index (χ2n) is 8.00. The van der Waals surface area contributed by atoms with Crippen LogP contribution in [0.15, 0.2) is 72.8 Å². The highest BCUT2D eigenvalue weighted by molar-refractivity contribution is 6.31. The molecule has 1 saturated heterocycles. The topological polar surface area (TPSA) is 44.8 Å². The molecule has 0 radical (unpaired) electrons. The van der Waals surface area contributed by atoms with Crippen LogP contribution in [0.5, 0.6) is 5.75 Å². The Kier molecular flexibility index (Phi) is 7.30. The molecule has 1 amide bonds. The minimum atomic E-state index is -0.172. The molecule has 0 aliphatic carbocycles. The van der Waals surface area contributed by atoms with Gasteiger partial charge in [0.25, 0.3) is 5.91 Å². The number of benzene rings is 3. The maximum absolute atomic E-state index is 12.2. The average molecular weight is 450 g/mol. The molecule has 32 heavy (non-hydrogen) atoms. The van der Waals surface area contributed by atoms with Crippen LogP contribution in [0.4, 0.5) is 11.4 Å². The SMILES string of the molecule is Cc1ccccc1OCC(=O)Nc1ccc(N2CCN(Cc3ccccc3Cl)CC2)cc1. The third-order valence-electron chi connectivity index (χ3n) is 5.69. The summed E-state index contributed by atoms with van der Waals surface area (Å²) < 4.78 is 5.62. The third-order valence-corrected chi connectivity index (χ3v) is 6.06. The quantitative estimate of drug-likeness (QED) is 0.552. The lowest BCUT2D eigenvalue weighted by Gasteiger charge is -2.36. The second-order valence-corrected chi connectivity index (χ2v) is 8.41. The van der Waals surface area contributed by atoms with Crippen LogP contribution in [0.25, 0.3) is 0 Å². The van der Waals surface area contributed by atoms with Crippen LogP contribution in [0.2, 0.25) is 5.02 Å². The summed E-state index contributed by atoms with van der Waals surface area (Å²) in [5, 5.41) is 3.73. The molecule has 1 heterocycles. The fraction of sp³-hybridized carbons (Fsp3) is 0.269. The van der Waals surface area contributed by atoms with Gasteiger partial charge >= 0.3 is 0 Å². The van der Waals surface area contributed by atoms with Gasteiger partial charge in [-0.1, -0.05) is 48.0 Å². The smallest absolute Gasteiger partial charge is 0.262 e. The molecule has 166 valence electrons. The second kappa shape index (κ2) is 10.5. The lowest BCUT2D eigenvalue weighted by atomic mass is 10.2. The first-order valence-corrected chi connectivity index (χ1v) is 11.3. The van der Waals surface area contributed by atoms with Crippen molar-refractivity contribution in [2.24, 2.45) is 0 Å². The average Bonchev–Trinajstić information content (AvgIpc) is 2.81. The molecule has 0 bridgehead atoms. The van der Waals surface area contributed by atoms with Crippen molar-refractivity contribution in [1.82, 2.24) is 4.90 Å². The Balaban J connectivity index is 1.24. The van der Waals surface area contributed by atoms with E-state index in [2.05, 4.69) is 33.3 Å². The molecule has 0 saturated carbocycles. The van der Waals surface area contributed by atoms with Crippen molar-refractivity contribution in [3.05, 3.63) is 88.9 Å². The Labute approximate surface area is 194 Å². The number of aryl methyl sites for hydroxylation is 1. The highest BCUT2D eigenvalue weighted by Gasteiger charge is 2.18. The zero-order chi connectivity index (χ0) is 22.3. The molecule has 1 fully saturated rings. The summed E-state index contributed by atoms with van der Waals surface area (Å²) >= 11 is 6.30. The molecule has 4 rings (SSSR count). The minimum Gasteiger partial charge on any atom is -0.483 e. The van der Waals surface area contributed by atoms with Crippen molar-refractivity contribution in [2.75, 3.05) is 43.0 Å². The lowest BCUT2D eigenvalue weighted by molar-refractivity contribution is -0.118. The maximum atomic E-state index is 12.2. The number of amides is 1. The van der Waals surface area contributed by atoms with Crippen molar-refractivity contribution >= 4 is 28.9 Å². The number of anilines is 2. The number of para-hydroxylation sites is 1. The third kappa shape index (κ3) is 5.81. The van der Waals surface area contributed by atoms with Gasteiger partial charge in [-0.05, 0) is 54.4 Å². The number of carbonyl (C=O) groups is 1. The monoisotopic (exact) mass is 449 g/mol. The number of nitrogens with one attached hydrogen (secondary N) is 1. The van der Waals surface area contributed by atoms with Gasteiger partial charge in [0.1, 0.15) is 5.75 Å². The van der Waals surface area contributed by atoms with Gasteiger partial charge in [0.15, 0.2) is 6.61 Å². The molecule has 0 atom stereocenters. The first-order valence-electron chi connectivity index (χ1n) is 10.9. The number of nitrogens with zero attached hydrogens (tertiary/aromatic N) is 2. The molecule has 1 aliphatic rings. The van der Waals surface area contributed by atoms with E-state index in [4.69, 9.17) is 16.3 Å². The minimum absolute atomic E-state index is 0.0139. The summed E-state index contributed by atoms with van der Waals surface area (Å²) in [4.78, 5) is 17.0. The van der Waals surface area contributed by atoms with Gasteiger partial charge in [-0.15, -0.1) is 0 Å². The molecule has 0 spiro atoms. The Hall–Kier alpha value is -3.02. The highest BCUT2D eigenvalue weighted by Crippen LogP contribution is 2.22. The van der Waals surface area contributed by atoms with Gasteiger partial charge in [0, 0.05) is 49.1 Å². The summed E-state index contributed by atoms with van der Waals surface area (Å²) in [5.74, 6) is 0.556. The van der Waals surface area contributed by atoms with Crippen LogP contribution in [0, 0.1) is 6.92 Å². The van der Waals surface area contributed by atoms with Crippen LogP contribution < -0.4 is 15.0 Å². The predicted octanol–water partition coefficient (Wildman–Crippen LogP) is 4.99. The van der Waals surface area contributed by atoms with Crippen LogP contribution in [-0.2, 0) is 11.3 Å². The van der Waals surface area contributed by atoms with E-state index >= 15 is 0 Å². The van der Waals surface area contributed by atoms with E-state index in [1.807, 2.05) is 61.5 Å². The first kappa shape index (κ1) is 22.2. The zero-order valence-electron chi connectivity index (χ0n) is 18.3. The summed E-state index contributed by atoms with van der Waals surface area (Å²) in [5.41, 5.74) is 4.12. The van der Waals surface area contributed by atoms with E-state index in [0.717, 1.165) is 60.4 Å². The fourth-order valence-electron chi connectivity index (χ4n) is 3.85. The van der Waals surface area contributed by atoms with Crippen LogP contribution in [0.1, 0.15) is 11.1 Å². The van der Waals surface area contributed by atoms with E-state index < -0.39 is 0 Å². The maximum Gasteiger partial charge on any atom is 0.262 e. The van der Waals surface area contributed by atoms with Gasteiger partial charge in [0.05, 0.1) is 0 Å². The van der Waals surface area contributed by atoms with Gasteiger partial charge < -0.3 is 15.0 Å². The molecule has 6 heteroatoms. The molecule has 3 aromatic carbocycles. The molecular weight excluding hydrogens is 422 g/mol. The van der Waals surface area contributed by atoms with Gasteiger partial charge in [-0.2, -0.15) is 0 Å². The summed E-state index contributed by atoms with van der Waals surface area (Å²) in [6.45, 7) is 6.71. The summed E-state index contributed by atoms with van der Waals surface area (Å²) in [6, 6.07) is 23.7. The van der Waals surface area contributed by atoms with E-state index in [1.54, 1.807) is 0 Å². The Morgan fingerprint density at radius 1 is 0.938 bits per heavy atom. The van der Waals surface area contributed by atoms with E-state index in [9.17, 15) is 4.79 Å². The standard InChI is InChI=1S/C26H28ClN3O2/c1-20-6-2-5-9-25(20)32-19-26(31)28-22-10-12-23(13-11-22)30-16-14-29(15-17-30)18-21-7-3-4-8-24(21)27/h2-13H,14-19H2,1H3,(H,28,31). The zero-order valence-corrected chi connectivity index (χ0v) is 19.0. The van der Waals surface area contributed by atoms with Crippen LogP contribution in [0.3, 0.4) is 0 Å². The number of hydrogen-bond acceptors (Lipinski definition) is 4. The number of hydrogen-bond donors (Lipinski definition) is 1. The summed E-state index contributed by atoms with van der Waals surface area (Å²) in [6.07, 6.45) is 0. The molecule has 1 aliphatic heterocycles. The van der Waals surface area contributed by atoms with Gasteiger partial charge in [0.2, 0.25) is 0 Å². The van der Waals surface area contributed by atoms with Crippen LogP contribution >= 0.6 is 11.6 Å². The number of carbonyl (C=O) groups excluding carboxylic acids is 1. The molecule has 0 unspecified atom stereocenters. The Morgan fingerprint density at radius 3 is 2.34 bits per heavy atom. The van der Waals surface area contributed by atoms with Crippen LogP contribution in [-0.4, -0.2) is 43.6 Å². The fourth-order valence-corrected chi connectivity index (χ4v) is 4.04. The van der Waals surface area contributed by atoms with Crippen molar-refractivity contribution in [1.29, 1.82) is 0 Å². The van der Waals surface area contributed by atoms with Crippen molar-refractivity contribution in [3.63, 3.8) is 0 Å². The van der Waals surface area contributed by atoms with Gasteiger partial charge in [-0.25, -0.2) is 0 Å². The molecule has 1 N–H and O–H groups in total. The van der Waals surface area contributed by atoms with Crippen molar-refractivity contribution < 1.29 is 9.53 Å². The highest BCUT2D eigenvalue weighted by atomic mass is 35.5. The first-order chi connectivity index (χ1) is 15.6. The van der Waals surface area contributed by atoms with E-state index in [1.165, 1.54) is 5.56 Å².